The molecule has 0 radical (unpaired) electrons. The van der Waals surface area contributed by atoms with E-state index in [1.54, 1.807) is 0 Å². The maximum Gasteiger partial charge on any atom is 0.0543 e. The Morgan fingerprint density at radius 2 is 0.898 bits per heavy atom. The van der Waals surface area contributed by atoms with Crippen molar-refractivity contribution in [3.63, 3.8) is 0 Å². The topological polar surface area (TPSA) is 3.24 Å². The normalized spacial score (nSPS) is 15.7. The Bertz CT molecular complexity index is 3240. The van der Waals surface area contributed by atoms with Crippen LogP contribution in [0.4, 0.5) is 17.1 Å². The van der Waals surface area contributed by atoms with Crippen molar-refractivity contribution in [3.8, 4) is 44.5 Å². The van der Waals surface area contributed by atoms with Crippen LogP contribution in [-0.2, 0) is 16.2 Å². The monoisotopic (exact) mass is 775 g/mol. The lowest BCUT2D eigenvalue weighted by Crippen LogP contribution is -2.17. The standard InChI is InChI=1S/C57H45NS/c1-55(2)45-17-10-7-14-38(45)40-29-27-37(31-48(40)55)58(36-25-22-34(23-26-36)35-24-28-42-41-16-9-12-21-52(41)59-53(42)30-35)51-20-13-19-47-54(51)44-33-49-43(32-50(44)57(47,5)6)39-15-8-11-18-46(39)56(49,3)4/h7-33H,1-6H3. The minimum atomic E-state index is -0.167. The number of rotatable bonds is 4. The van der Waals surface area contributed by atoms with Gasteiger partial charge < -0.3 is 4.90 Å². The van der Waals surface area contributed by atoms with E-state index in [9.17, 15) is 0 Å². The average Bonchev–Trinajstić information content (AvgIpc) is 3.89. The van der Waals surface area contributed by atoms with Crippen LogP contribution in [0.5, 0.6) is 0 Å². The van der Waals surface area contributed by atoms with Gasteiger partial charge in [0.25, 0.3) is 0 Å². The molecule has 0 N–H and O–H groups in total. The molecule has 2 heteroatoms. The van der Waals surface area contributed by atoms with Crippen LogP contribution in [0.2, 0.25) is 0 Å². The van der Waals surface area contributed by atoms with E-state index in [1.165, 1.54) is 109 Å². The molecule has 284 valence electrons. The SMILES string of the molecule is CC1(C)c2ccccc2-c2ccc(N(c3ccc(-c4ccc5c(c4)sc4ccccc45)cc3)c3cccc4c3-c3cc5c(cc3C4(C)C)-c3ccccc3C5(C)C)cc21. The highest BCUT2D eigenvalue weighted by Crippen LogP contribution is 2.59. The fourth-order valence-corrected chi connectivity index (χ4v) is 12.3. The van der Waals surface area contributed by atoms with Crippen molar-refractivity contribution in [1.29, 1.82) is 0 Å². The molecule has 0 atom stereocenters. The molecule has 0 saturated heterocycles. The summed E-state index contributed by atoms with van der Waals surface area (Å²) in [7, 11) is 0. The minimum Gasteiger partial charge on any atom is -0.310 e. The number of thiophene rings is 1. The van der Waals surface area contributed by atoms with Crippen LogP contribution in [0.15, 0.2) is 164 Å². The second-order valence-electron chi connectivity index (χ2n) is 18.5. The van der Waals surface area contributed by atoms with Crippen LogP contribution >= 0.6 is 11.3 Å². The van der Waals surface area contributed by atoms with Crippen molar-refractivity contribution >= 4 is 48.6 Å². The summed E-state index contributed by atoms with van der Waals surface area (Å²) in [4.78, 5) is 2.54. The number of benzene rings is 8. The first-order valence-corrected chi connectivity index (χ1v) is 21.8. The van der Waals surface area contributed by atoms with Gasteiger partial charge in [-0.25, -0.2) is 0 Å². The first-order valence-electron chi connectivity index (χ1n) is 21.0. The molecule has 0 spiro atoms. The lowest BCUT2D eigenvalue weighted by molar-refractivity contribution is 0.652. The molecular formula is C57H45NS. The van der Waals surface area contributed by atoms with Gasteiger partial charge in [0.2, 0.25) is 0 Å². The maximum absolute atomic E-state index is 2.55. The molecule has 0 fully saturated rings. The third-order valence-electron chi connectivity index (χ3n) is 14.3. The summed E-state index contributed by atoms with van der Waals surface area (Å²) in [5, 5.41) is 2.67. The van der Waals surface area contributed by atoms with Crippen molar-refractivity contribution in [2.75, 3.05) is 4.90 Å². The molecule has 1 nitrogen and oxygen atoms in total. The predicted molar refractivity (Wildman–Crippen MR) is 252 cm³/mol. The van der Waals surface area contributed by atoms with Gasteiger partial charge in [-0.15, -0.1) is 11.3 Å². The number of hydrogen-bond donors (Lipinski definition) is 0. The summed E-state index contributed by atoms with van der Waals surface area (Å²) in [6.07, 6.45) is 0. The Labute approximate surface area is 351 Å². The zero-order valence-electron chi connectivity index (χ0n) is 34.4. The molecule has 1 aromatic heterocycles. The number of hydrogen-bond acceptors (Lipinski definition) is 2. The third kappa shape index (κ3) is 4.73. The summed E-state index contributed by atoms with van der Waals surface area (Å²) in [5.41, 5.74) is 22.2. The van der Waals surface area contributed by atoms with E-state index in [1.807, 2.05) is 11.3 Å². The quantitative estimate of drug-likeness (QED) is 0.172. The van der Waals surface area contributed by atoms with Crippen LogP contribution in [0.3, 0.4) is 0 Å². The van der Waals surface area contributed by atoms with Crippen LogP contribution in [0.1, 0.15) is 74.9 Å². The van der Waals surface area contributed by atoms with E-state index in [0.29, 0.717) is 0 Å². The molecule has 0 saturated carbocycles. The van der Waals surface area contributed by atoms with Gasteiger partial charge >= 0.3 is 0 Å². The first kappa shape index (κ1) is 34.8. The van der Waals surface area contributed by atoms with Gasteiger partial charge in [-0.3, -0.25) is 0 Å². The highest BCUT2D eigenvalue weighted by atomic mass is 32.1. The molecule has 0 unspecified atom stereocenters. The second-order valence-corrected chi connectivity index (χ2v) is 19.6. The molecule has 3 aliphatic rings. The van der Waals surface area contributed by atoms with E-state index < -0.39 is 0 Å². The van der Waals surface area contributed by atoms with Crippen LogP contribution in [0.25, 0.3) is 64.7 Å². The van der Waals surface area contributed by atoms with Crippen LogP contribution < -0.4 is 4.90 Å². The smallest absolute Gasteiger partial charge is 0.0543 e. The van der Waals surface area contributed by atoms with Gasteiger partial charge in [-0.1, -0.05) is 151 Å². The number of nitrogens with zero attached hydrogens (tertiary/aromatic N) is 1. The second kappa shape index (κ2) is 11.9. The van der Waals surface area contributed by atoms with Gasteiger partial charge in [0.05, 0.1) is 5.69 Å². The van der Waals surface area contributed by atoms with Gasteiger partial charge in [-0.2, -0.15) is 0 Å². The molecule has 3 aliphatic carbocycles. The zero-order chi connectivity index (χ0) is 40.0. The molecule has 59 heavy (non-hydrogen) atoms. The molecule has 0 amide bonds. The fourth-order valence-electron chi connectivity index (χ4n) is 11.1. The van der Waals surface area contributed by atoms with E-state index in [0.717, 1.165) is 5.69 Å². The summed E-state index contributed by atoms with van der Waals surface area (Å²) in [6.45, 7) is 14.4. The van der Waals surface area contributed by atoms with E-state index in [4.69, 9.17) is 0 Å². The number of fused-ring (bicyclic) bond motifs is 12. The molecule has 1 heterocycles. The predicted octanol–water partition coefficient (Wildman–Crippen LogP) is 16.1. The Morgan fingerprint density at radius 1 is 0.356 bits per heavy atom. The van der Waals surface area contributed by atoms with Crippen LogP contribution in [0, 0.1) is 0 Å². The molecule has 9 aromatic rings. The van der Waals surface area contributed by atoms with Crippen molar-refractivity contribution in [2.45, 2.75) is 57.8 Å². The van der Waals surface area contributed by atoms with Crippen LogP contribution in [-0.4, -0.2) is 0 Å². The Kier molecular flexibility index (Phi) is 7.04. The van der Waals surface area contributed by atoms with E-state index >= 15 is 0 Å². The lowest BCUT2D eigenvalue weighted by Gasteiger charge is -2.30. The Hall–Kier alpha value is -6.22. The first-order chi connectivity index (χ1) is 28.5. The van der Waals surface area contributed by atoms with Crippen molar-refractivity contribution in [3.05, 3.63) is 197 Å². The van der Waals surface area contributed by atoms with Crippen molar-refractivity contribution in [1.82, 2.24) is 0 Å². The molecular weight excluding hydrogens is 731 g/mol. The van der Waals surface area contributed by atoms with E-state index in [2.05, 4.69) is 210 Å². The fraction of sp³-hybridized carbons (Fsp3) is 0.158. The van der Waals surface area contributed by atoms with Gasteiger partial charge in [0.15, 0.2) is 0 Å². The minimum absolute atomic E-state index is 0.0856. The zero-order valence-corrected chi connectivity index (χ0v) is 35.3. The van der Waals surface area contributed by atoms with E-state index in [-0.39, 0.29) is 16.2 Å². The molecule has 0 bridgehead atoms. The largest absolute Gasteiger partial charge is 0.310 e. The highest BCUT2D eigenvalue weighted by molar-refractivity contribution is 7.25. The molecule has 8 aromatic carbocycles. The van der Waals surface area contributed by atoms with Crippen molar-refractivity contribution in [2.24, 2.45) is 0 Å². The lowest BCUT2D eigenvalue weighted by atomic mass is 9.79. The third-order valence-corrected chi connectivity index (χ3v) is 15.4. The van der Waals surface area contributed by atoms with Gasteiger partial charge in [0.1, 0.15) is 0 Å². The maximum atomic E-state index is 2.55. The average molecular weight is 776 g/mol. The Balaban J connectivity index is 1.05. The molecule has 0 aliphatic heterocycles. The summed E-state index contributed by atoms with van der Waals surface area (Å²) < 4.78 is 2.67. The highest BCUT2D eigenvalue weighted by Gasteiger charge is 2.43. The van der Waals surface area contributed by atoms with Crippen molar-refractivity contribution < 1.29 is 0 Å². The van der Waals surface area contributed by atoms with Gasteiger partial charge in [0, 0.05) is 53.4 Å². The number of anilines is 3. The summed E-state index contributed by atoms with van der Waals surface area (Å²) >= 11 is 1.88. The molecule has 12 rings (SSSR count). The summed E-state index contributed by atoms with van der Waals surface area (Å²) in [5.74, 6) is 0. The Morgan fingerprint density at radius 3 is 1.66 bits per heavy atom. The summed E-state index contributed by atoms with van der Waals surface area (Å²) in [6, 6.07) is 62.3. The van der Waals surface area contributed by atoms with Gasteiger partial charge in [-0.05, 0) is 127 Å².